The van der Waals surface area contributed by atoms with Crippen molar-refractivity contribution in [3.05, 3.63) is 65.5 Å². The van der Waals surface area contributed by atoms with Crippen LogP contribution in [0.15, 0.2) is 48.5 Å². The molecule has 1 aliphatic rings. The fraction of sp³-hybridized carbons (Fsp3) is 0.391. The molecule has 1 fully saturated rings. The molecule has 0 aliphatic carbocycles. The number of piperidine rings is 1. The van der Waals surface area contributed by atoms with Crippen molar-refractivity contribution in [3.8, 4) is 0 Å². The highest BCUT2D eigenvalue weighted by atomic mass is 19.1. The van der Waals surface area contributed by atoms with Gasteiger partial charge < -0.3 is 15.5 Å². The topological polar surface area (TPSA) is 61.4 Å². The third-order valence-electron chi connectivity index (χ3n) is 5.51. The maximum absolute atomic E-state index is 13.0. The van der Waals surface area contributed by atoms with Crippen LogP contribution in [0.1, 0.15) is 37.8 Å². The predicted molar refractivity (Wildman–Crippen MR) is 112 cm³/mol. The molecule has 3 amide bonds. The van der Waals surface area contributed by atoms with Crippen LogP contribution in [0.2, 0.25) is 0 Å². The van der Waals surface area contributed by atoms with Crippen molar-refractivity contribution in [2.75, 3.05) is 18.4 Å². The first-order chi connectivity index (χ1) is 13.9. The van der Waals surface area contributed by atoms with Crippen LogP contribution in [-0.2, 0) is 17.8 Å². The Balaban J connectivity index is 1.57. The Morgan fingerprint density at radius 2 is 1.72 bits per heavy atom. The van der Waals surface area contributed by atoms with E-state index in [1.807, 2.05) is 31.2 Å². The lowest BCUT2D eigenvalue weighted by Gasteiger charge is -2.39. The first-order valence-electron chi connectivity index (χ1n) is 10.1. The van der Waals surface area contributed by atoms with Crippen molar-refractivity contribution in [1.29, 1.82) is 0 Å². The summed E-state index contributed by atoms with van der Waals surface area (Å²) in [5.41, 5.74) is 2.15. The van der Waals surface area contributed by atoms with Gasteiger partial charge in [0.25, 0.3) is 0 Å². The molecule has 1 heterocycles. The van der Waals surface area contributed by atoms with E-state index in [1.54, 1.807) is 17.0 Å². The standard InChI is InChI=1S/C23H28FN3O2/c1-3-17-7-11-20(12-8-17)26-22(29)27-14-4-13-23(2,16-27)21(28)25-15-18-5-9-19(24)10-6-18/h5-12H,3-4,13-16H2,1-2H3,(H,25,28)(H,26,29)/t23-/m0/s1. The van der Waals surface area contributed by atoms with Crippen molar-refractivity contribution in [3.63, 3.8) is 0 Å². The molecular weight excluding hydrogens is 369 g/mol. The number of halogens is 1. The smallest absolute Gasteiger partial charge is 0.321 e. The summed E-state index contributed by atoms with van der Waals surface area (Å²) in [5.74, 6) is -0.392. The minimum atomic E-state index is -0.651. The number of benzene rings is 2. The van der Waals surface area contributed by atoms with Crippen molar-refractivity contribution in [1.82, 2.24) is 10.2 Å². The predicted octanol–water partition coefficient (Wildman–Crippen LogP) is 4.34. The van der Waals surface area contributed by atoms with E-state index in [-0.39, 0.29) is 17.8 Å². The number of urea groups is 1. The van der Waals surface area contributed by atoms with Crippen molar-refractivity contribution in [2.45, 2.75) is 39.7 Å². The molecule has 0 radical (unpaired) electrons. The number of anilines is 1. The summed E-state index contributed by atoms with van der Waals surface area (Å²) in [6, 6.07) is 13.7. The Labute approximate surface area is 171 Å². The Kier molecular flexibility index (Phi) is 6.52. The van der Waals surface area contributed by atoms with E-state index < -0.39 is 5.41 Å². The van der Waals surface area contributed by atoms with Crippen LogP contribution in [0.4, 0.5) is 14.9 Å². The molecule has 2 N–H and O–H groups in total. The summed E-state index contributed by atoms with van der Waals surface area (Å²) < 4.78 is 13.0. The zero-order valence-electron chi connectivity index (χ0n) is 17.0. The molecule has 0 spiro atoms. The van der Waals surface area contributed by atoms with Crippen LogP contribution in [0.5, 0.6) is 0 Å². The molecule has 0 saturated carbocycles. The molecule has 5 nitrogen and oxygen atoms in total. The summed E-state index contributed by atoms with van der Waals surface area (Å²) in [5, 5.41) is 5.85. The molecule has 2 aromatic rings. The highest BCUT2D eigenvalue weighted by Gasteiger charge is 2.39. The Morgan fingerprint density at radius 1 is 1.07 bits per heavy atom. The van der Waals surface area contributed by atoms with Crippen molar-refractivity contribution >= 4 is 17.6 Å². The normalized spacial score (nSPS) is 18.9. The minimum absolute atomic E-state index is 0.0911. The third kappa shape index (κ3) is 5.34. The van der Waals surface area contributed by atoms with E-state index in [9.17, 15) is 14.0 Å². The van der Waals surface area contributed by atoms with E-state index in [4.69, 9.17) is 0 Å². The number of hydrogen-bond acceptors (Lipinski definition) is 2. The number of nitrogens with zero attached hydrogens (tertiary/aromatic N) is 1. The maximum Gasteiger partial charge on any atom is 0.321 e. The molecule has 0 bridgehead atoms. The summed E-state index contributed by atoms with van der Waals surface area (Å²) in [6.07, 6.45) is 2.44. The van der Waals surface area contributed by atoms with Gasteiger partial charge >= 0.3 is 6.03 Å². The zero-order valence-corrected chi connectivity index (χ0v) is 17.0. The number of rotatable bonds is 5. The van der Waals surface area contributed by atoms with Crippen LogP contribution < -0.4 is 10.6 Å². The number of aryl methyl sites for hydroxylation is 1. The quantitative estimate of drug-likeness (QED) is 0.788. The van der Waals surface area contributed by atoms with Gasteiger partial charge in [0, 0.05) is 25.3 Å². The Morgan fingerprint density at radius 3 is 2.38 bits per heavy atom. The van der Waals surface area contributed by atoms with E-state index in [2.05, 4.69) is 17.6 Å². The molecule has 6 heteroatoms. The summed E-state index contributed by atoms with van der Waals surface area (Å²) in [4.78, 5) is 27.2. The second-order valence-corrected chi connectivity index (χ2v) is 7.88. The van der Waals surface area contributed by atoms with Crippen LogP contribution in [0, 0.1) is 11.2 Å². The molecule has 0 aromatic heterocycles. The number of carbonyl (C=O) groups is 2. The molecular formula is C23H28FN3O2. The van der Waals surface area contributed by atoms with Gasteiger partial charge in [0.15, 0.2) is 0 Å². The number of hydrogen-bond donors (Lipinski definition) is 2. The average molecular weight is 397 g/mol. The SMILES string of the molecule is CCc1ccc(NC(=O)N2CCC[C@](C)(C(=O)NCc3ccc(F)cc3)C2)cc1. The molecule has 1 atom stereocenters. The monoisotopic (exact) mass is 397 g/mol. The van der Waals surface area contributed by atoms with E-state index >= 15 is 0 Å². The average Bonchev–Trinajstić information content (AvgIpc) is 2.73. The zero-order chi connectivity index (χ0) is 20.9. The van der Waals surface area contributed by atoms with Gasteiger partial charge in [0.1, 0.15) is 5.82 Å². The molecule has 2 aromatic carbocycles. The highest BCUT2D eigenvalue weighted by Crippen LogP contribution is 2.30. The van der Waals surface area contributed by atoms with Gasteiger partial charge in [-0.15, -0.1) is 0 Å². The molecule has 154 valence electrons. The summed E-state index contributed by atoms with van der Waals surface area (Å²) in [7, 11) is 0. The van der Waals surface area contributed by atoms with Gasteiger partial charge in [-0.25, -0.2) is 9.18 Å². The number of nitrogens with one attached hydrogen (secondary N) is 2. The van der Waals surface area contributed by atoms with Crippen LogP contribution in [0.3, 0.4) is 0 Å². The Hall–Kier alpha value is -2.89. The van der Waals surface area contributed by atoms with Crippen molar-refractivity contribution in [2.24, 2.45) is 5.41 Å². The van der Waals surface area contributed by atoms with Gasteiger partial charge in [0.05, 0.1) is 5.41 Å². The minimum Gasteiger partial charge on any atom is -0.351 e. The fourth-order valence-corrected chi connectivity index (χ4v) is 3.62. The van der Waals surface area contributed by atoms with Crippen molar-refractivity contribution < 1.29 is 14.0 Å². The van der Waals surface area contributed by atoms with Gasteiger partial charge in [-0.05, 0) is 61.6 Å². The molecule has 1 aliphatic heterocycles. The van der Waals surface area contributed by atoms with E-state index in [0.717, 1.165) is 30.5 Å². The van der Waals surface area contributed by atoms with Gasteiger partial charge in [-0.2, -0.15) is 0 Å². The molecule has 3 rings (SSSR count). The lowest BCUT2D eigenvalue weighted by molar-refractivity contribution is -0.132. The number of likely N-dealkylation sites (tertiary alicyclic amines) is 1. The van der Waals surface area contributed by atoms with E-state index in [0.29, 0.717) is 19.6 Å². The molecule has 0 unspecified atom stereocenters. The maximum atomic E-state index is 13.0. The lowest BCUT2D eigenvalue weighted by atomic mass is 9.81. The molecule has 29 heavy (non-hydrogen) atoms. The number of carbonyl (C=O) groups excluding carboxylic acids is 2. The van der Waals surface area contributed by atoms with Crippen LogP contribution >= 0.6 is 0 Å². The van der Waals surface area contributed by atoms with Gasteiger partial charge in [-0.3, -0.25) is 4.79 Å². The number of amides is 3. The summed E-state index contributed by atoms with van der Waals surface area (Å²) in [6.45, 7) is 5.30. The third-order valence-corrected chi connectivity index (χ3v) is 5.51. The second kappa shape index (κ2) is 9.07. The van der Waals surface area contributed by atoms with E-state index in [1.165, 1.54) is 17.7 Å². The second-order valence-electron chi connectivity index (χ2n) is 7.88. The van der Waals surface area contributed by atoms with Crippen LogP contribution in [0.25, 0.3) is 0 Å². The van der Waals surface area contributed by atoms with Gasteiger partial charge in [0.2, 0.25) is 5.91 Å². The Bertz CT molecular complexity index is 851. The van der Waals surface area contributed by atoms with Gasteiger partial charge in [-0.1, -0.05) is 31.2 Å². The largest absolute Gasteiger partial charge is 0.351 e. The van der Waals surface area contributed by atoms with Crippen LogP contribution in [-0.4, -0.2) is 29.9 Å². The first kappa shape index (κ1) is 20.8. The molecule has 1 saturated heterocycles. The fourth-order valence-electron chi connectivity index (χ4n) is 3.62. The lowest BCUT2D eigenvalue weighted by Crippen LogP contribution is -2.52. The highest BCUT2D eigenvalue weighted by molar-refractivity contribution is 5.90. The summed E-state index contributed by atoms with van der Waals surface area (Å²) >= 11 is 0. The first-order valence-corrected chi connectivity index (χ1v) is 10.1.